The predicted molar refractivity (Wildman–Crippen MR) is 155 cm³/mol. The number of fused-ring (bicyclic) bond motifs is 1. The van der Waals surface area contributed by atoms with Crippen LogP contribution in [0.5, 0.6) is 0 Å². The second-order valence-electron chi connectivity index (χ2n) is 10.0. The quantitative estimate of drug-likeness (QED) is 0.227. The van der Waals surface area contributed by atoms with E-state index in [9.17, 15) is 28.0 Å². The fraction of sp³-hybridized carbons (Fsp3) is 0.233. The van der Waals surface area contributed by atoms with Gasteiger partial charge < -0.3 is 25.5 Å². The van der Waals surface area contributed by atoms with Crippen molar-refractivity contribution in [2.45, 2.75) is 38.6 Å². The van der Waals surface area contributed by atoms with E-state index in [0.29, 0.717) is 27.6 Å². The molecular weight excluding hydrogens is 582 g/mol. The predicted octanol–water partition coefficient (Wildman–Crippen LogP) is 2.96. The van der Waals surface area contributed by atoms with Gasteiger partial charge in [0, 0.05) is 53.0 Å². The lowest BCUT2D eigenvalue weighted by molar-refractivity contribution is -0.139. The Morgan fingerprint density at radius 2 is 2.02 bits per heavy atom. The van der Waals surface area contributed by atoms with Crippen molar-refractivity contribution < 1.29 is 23.2 Å². The van der Waals surface area contributed by atoms with E-state index >= 15 is 0 Å². The van der Waals surface area contributed by atoms with Crippen molar-refractivity contribution in [3.8, 4) is 11.8 Å². The summed E-state index contributed by atoms with van der Waals surface area (Å²) < 4.78 is 30.3. The Kier molecular flexibility index (Phi) is 8.27. The number of ketones is 1. The fourth-order valence-electron chi connectivity index (χ4n) is 4.97. The van der Waals surface area contributed by atoms with Gasteiger partial charge in [0.2, 0.25) is 11.8 Å². The zero-order valence-electron chi connectivity index (χ0n) is 22.8. The summed E-state index contributed by atoms with van der Waals surface area (Å²) in [7, 11) is 0. The Morgan fingerprint density at radius 1 is 1.23 bits per heavy atom. The van der Waals surface area contributed by atoms with Gasteiger partial charge in [0.05, 0.1) is 17.1 Å². The van der Waals surface area contributed by atoms with Gasteiger partial charge in [-0.25, -0.2) is 13.6 Å². The summed E-state index contributed by atoms with van der Waals surface area (Å²) in [5.41, 5.74) is 7.08. The van der Waals surface area contributed by atoms with Gasteiger partial charge in [-0.2, -0.15) is 4.98 Å². The summed E-state index contributed by atoms with van der Waals surface area (Å²) in [6, 6.07) is 8.37. The van der Waals surface area contributed by atoms with Gasteiger partial charge in [-0.1, -0.05) is 35.6 Å². The molecule has 0 aliphatic carbocycles. The number of H-pyrrole nitrogens is 1. The molecule has 4 N–H and O–H groups in total. The van der Waals surface area contributed by atoms with Crippen molar-refractivity contribution in [2.24, 2.45) is 0 Å². The number of halogens is 3. The molecule has 0 bridgehead atoms. The SMILES string of the molecule is CC(=O)c1cn(CC(=O)N2C[C@H](F)C[C@H]2C(=O)NCc2cccc(Cl)c2F)c2ccc(C#Cc3c[nH]c(=O)nc3N)cc12. The van der Waals surface area contributed by atoms with Crippen LogP contribution in [0.4, 0.5) is 14.6 Å². The molecule has 220 valence electrons. The van der Waals surface area contributed by atoms with E-state index in [1.807, 2.05) is 0 Å². The molecular formula is C30H25ClF2N6O4. The molecule has 2 aromatic carbocycles. The molecule has 0 saturated carbocycles. The van der Waals surface area contributed by atoms with Crippen LogP contribution in [-0.4, -0.2) is 55.8 Å². The second-order valence-corrected chi connectivity index (χ2v) is 10.4. The molecule has 3 heterocycles. The zero-order valence-corrected chi connectivity index (χ0v) is 23.5. The monoisotopic (exact) mass is 606 g/mol. The largest absolute Gasteiger partial charge is 0.382 e. The number of hydrogen-bond donors (Lipinski definition) is 3. The van der Waals surface area contributed by atoms with E-state index in [1.165, 1.54) is 31.5 Å². The van der Waals surface area contributed by atoms with E-state index in [-0.39, 0.29) is 48.2 Å². The van der Waals surface area contributed by atoms with Crippen LogP contribution in [0.3, 0.4) is 0 Å². The average molecular weight is 607 g/mol. The first-order chi connectivity index (χ1) is 20.5. The topological polar surface area (TPSA) is 143 Å². The number of alkyl halides is 1. The van der Waals surface area contributed by atoms with Crippen LogP contribution in [-0.2, 0) is 22.7 Å². The zero-order chi connectivity index (χ0) is 30.8. The fourth-order valence-corrected chi connectivity index (χ4v) is 5.16. The van der Waals surface area contributed by atoms with E-state index in [2.05, 4.69) is 27.1 Å². The number of Topliss-reactive ketones (excluding diaryl/α,β-unsaturated/α-hetero) is 1. The van der Waals surface area contributed by atoms with Crippen molar-refractivity contribution in [1.29, 1.82) is 0 Å². The van der Waals surface area contributed by atoms with Gasteiger partial charge in [-0.3, -0.25) is 14.4 Å². The lowest BCUT2D eigenvalue weighted by atomic mass is 10.1. The number of rotatable bonds is 6. The molecule has 0 unspecified atom stereocenters. The molecule has 1 fully saturated rings. The van der Waals surface area contributed by atoms with Gasteiger partial charge >= 0.3 is 5.69 Å². The third-order valence-corrected chi connectivity index (χ3v) is 7.40. The lowest BCUT2D eigenvalue weighted by Crippen LogP contribution is -2.46. The molecule has 0 radical (unpaired) electrons. The molecule has 0 spiro atoms. The number of aromatic amines is 1. The second kappa shape index (κ2) is 12.1. The van der Waals surface area contributed by atoms with Gasteiger partial charge in [0.1, 0.15) is 30.4 Å². The number of nitrogen functional groups attached to an aromatic ring is 1. The van der Waals surface area contributed by atoms with Crippen LogP contribution in [0.25, 0.3) is 10.9 Å². The summed E-state index contributed by atoms with van der Waals surface area (Å²) in [5, 5.41) is 3.02. The highest BCUT2D eigenvalue weighted by Gasteiger charge is 2.39. The van der Waals surface area contributed by atoms with Gasteiger partial charge in [0.25, 0.3) is 0 Å². The number of benzene rings is 2. The molecule has 1 saturated heterocycles. The summed E-state index contributed by atoms with van der Waals surface area (Å²) in [6.45, 7) is 0.683. The third kappa shape index (κ3) is 6.27. The van der Waals surface area contributed by atoms with E-state index in [1.54, 1.807) is 28.8 Å². The molecule has 1 aliphatic heterocycles. The standard InChI is InChI=1S/C30H25ClF2N6O4/c1-16(40)22-14-38(24-8-6-17(9-21(22)24)5-7-19-12-36-30(43)37-28(19)34)15-26(41)39-13-20(32)10-25(39)29(42)35-11-18-3-2-4-23(31)27(18)33/h2-4,6,8-9,12,14,20,25H,10-11,13,15H2,1H3,(H,35,42)(H3,34,36,37,43)/t20-,25+/m1/s1. The molecule has 2 aromatic heterocycles. The maximum atomic E-state index is 14.5. The van der Waals surface area contributed by atoms with Crippen molar-refractivity contribution in [3.63, 3.8) is 0 Å². The molecule has 43 heavy (non-hydrogen) atoms. The highest BCUT2D eigenvalue weighted by Crippen LogP contribution is 2.26. The maximum Gasteiger partial charge on any atom is 0.346 e. The van der Waals surface area contributed by atoms with E-state index in [4.69, 9.17) is 17.3 Å². The molecule has 2 amide bonds. The normalized spacial score (nSPS) is 16.1. The Morgan fingerprint density at radius 3 is 2.77 bits per heavy atom. The van der Waals surface area contributed by atoms with E-state index < -0.39 is 35.5 Å². The number of carbonyl (C=O) groups is 3. The highest BCUT2D eigenvalue weighted by atomic mass is 35.5. The average Bonchev–Trinajstić information content (AvgIpc) is 3.53. The number of carbonyl (C=O) groups excluding carboxylic acids is 3. The van der Waals surface area contributed by atoms with Crippen molar-refractivity contribution in [2.75, 3.05) is 12.3 Å². The number of hydrogen-bond acceptors (Lipinski definition) is 6. The Hall–Kier alpha value is -5.02. The number of aromatic nitrogens is 3. The summed E-state index contributed by atoms with van der Waals surface area (Å²) in [5.74, 6) is 3.68. The first-order valence-corrected chi connectivity index (χ1v) is 13.5. The summed E-state index contributed by atoms with van der Waals surface area (Å²) in [6.07, 6.45) is 1.27. The van der Waals surface area contributed by atoms with Crippen LogP contribution in [0.2, 0.25) is 5.02 Å². The van der Waals surface area contributed by atoms with Crippen LogP contribution < -0.4 is 16.7 Å². The summed E-state index contributed by atoms with van der Waals surface area (Å²) >= 11 is 5.80. The molecule has 13 heteroatoms. The summed E-state index contributed by atoms with van der Waals surface area (Å²) in [4.78, 5) is 57.3. The number of amides is 2. The van der Waals surface area contributed by atoms with Gasteiger partial charge in [-0.15, -0.1) is 0 Å². The van der Waals surface area contributed by atoms with Crippen LogP contribution in [0.1, 0.15) is 40.4 Å². The Bertz CT molecular complexity index is 1890. The smallest absolute Gasteiger partial charge is 0.346 e. The number of anilines is 1. The minimum absolute atomic E-state index is 0.0209. The first kappa shape index (κ1) is 29.5. The number of nitrogens with one attached hydrogen (secondary N) is 2. The molecule has 5 rings (SSSR count). The number of nitrogens with two attached hydrogens (primary N) is 1. The minimum atomic E-state index is -1.41. The highest BCUT2D eigenvalue weighted by molar-refractivity contribution is 6.30. The molecule has 4 aromatic rings. The van der Waals surface area contributed by atoms with Crippen LogP contribution in [0, 0.1) is 17.7 Å². The number of likely N-dealkylation sites (tertiary alicyclic amines) is 1. The van der Waals surface area contributed by atoms with Crippen molar-refractivity contribution in [3.05, 3.63) is 92.4 Å². The van der Waals surface area contributed by atoms with Crippen molar-refractivity contribution >= 4 is 45.9 Å². The lowest BCUT2D eigenvalue weighted by Gasteiger charge is -2.24. The van der Waals surface area contributed by atoms with E-state index in [0.717, 1.165) is 4.90 Å². The molecule has 2 atom stereocenters. The number of nitrogens with zero attached hydrogens (tertiary/aromatic N) is 3. The van der Waals surface area contributed by atoms with Crippen molar-refractivity contribution in [1.82, 2.24) is 24.8 Å². The third-order valence-electron chi connectivity index (χ3n) is 7.10. The Balaban J connectivity index is 1.36. The van der Waals surface area contributed by atoms with Gasteiger partial charge in [0.15, 0.2) is 5.78 Å². The molecule has 10 nitrogen and oxygen atoms in total. The van der Waals surface area contributed by atoms with Gasteiger partial charge in [-0.05, 0) is 31.2 Å². The Labute approximate surface area is 248 Å². The maximum absolute atomic E-state index is 14.5. The first-order valence-electron chi connectivity index (χ1n) is 13.2. The van der Waals surface area contributed by atoms with Crippen LogP contribution >= 0.6 is 11.6 Å². The molecule has 1 aliphatic rings. The van der Waals surface area contributed by atoms with Crippen LogP contribution in [0.15, 0.2) is 53.6 Å². The minimum Gasteiger partial charge on any atom is -0.382 e.